The van der Waals surface area contributed by atoms with E-state index in [1.165, 1.54) is 0 Å². The Morgan fingerprint density at radius 1 is 1.67 bits per heavy atom. The summed E-state index contributed by atoms with van der Waals surface area (Å²) in [5.74, 6) is -0.267. The first-order chi connectivity index (χ1) is 7.15. The Labute approximate surface area is 91.3 Å². The third-order valence-electron chi connectivity index (χ3n) is 2.69. The van der Waals surface area contributed by atoms with Gasteiger partial charge in [0.15, 0.2) is 0 Å². The van der Waals surface area contributed by atoms with E-state index in [2.05, 4.69) is 23.8 Å². The number of esters is 1. The van der Waals surface area contributed by atoms with Gasteiger partial charge in [-0.3, -0.25) is 0 Å². The highest BCUT2D eigenvalue weighted by Crippen LogP contribution is 2.11. The second kappa shape index (κ2) is 5.88. The summed E-state index contributed by atoms with van der Waals surface area (Å²) in [5.41, 5.74) is 0.567. The Balaban J connectivity index is 2.39. The second-order valence-corrected chi connectivity index (χ2v) is 3.87. The van der Waals surface area contributed by atoms with Gasteiger partial charge >= 0.3 is 5.97 Å². The maximum absolute atomic E-state index is 11.4. The number of likely N-dealkylation sites (N-methyl/N-ethyl adjacent to an activating group) is 1. The average Bonchev–Trinajstić information content (AvgIpc) is 2.21. The van der Waals surface area contributed by atoms with Crippen molar-refractivity contribution in [1.29, 1.82) is 0 Å². The first-order valence-corrected chi connectivity index (χ1v) is 5.41. The Hall–Kier alpha value is -0.870. The molecule has 0 aromatic carbocycles. The van der Waals surface area contributed by atoms with E-state index >= 15 is 0 Å². The molecule has 1 heterocycles. The largest absolute Gasteiger partial charge is 0.463 e. The fraction of sp³-hybridized carbons (Fsp3) is 0.727. The number of carbonyl (C=O) groups is 1. The van der Waals surface area contributed by atoms with Crippen molar-refractivity contribution >= 4 is 5.97 Å². The third-order valence-corrected chi connectivity index (χ3v) is 2.69. The van der Waals surface area contributed by atoms with Crippen molar-refractivity contribution in [2.75, 3.05) is 33.3 Å². The van der Waals surface area contributed by atoms with Crippen LogP contribution < -0.4 is 5.32 Å². The van der Waals surface area contributed by atoms with Gasteiger partial charge in [0.1, 0.15) is 0 Å². The molecule has 15 heavy (non-hydrogen) atoms. The van der Waals surface area contributed by atoms with Crippen molar-refractivity contribution in [3.05, 3.63) is 12.2 Å². The van der Waals surface area contributed by atoms with E-state index in [4.69, 9.17) is 4.74 Å². The van der Waals surface area contributed by atoms with Crippen LogP contribution in [0.1, 0.15) is 13.3 Å². The maximum Gasteiger partial charge on any atom is 0.333 e. The van der Waals surface area contributed by atoms with Crippen LogP contribution >= 0.6 is 0 Å². The monoisotopic (exact) mass is 212 g/mol. The number of carbonyl (C=O) groups excluding carboxylic acids is 1. The number of ether oxygens (including phenoxy) is 1. The van der Waals surface area contributed by atoms with Gasteiger partial charge in [0.2, 0.25) is 0 Å². The number of hydrogen-bond donors (Lipinski definition) is 1. The lowest BCUT2D eigenvalue weighted by molar-refractivity contribution is -0.138. The standard InChI is InChI=1S/C11H20N2O2/c1-4-15-11(14)9(2)7-10-8-12-5-6-13(10)3/h10,12H,2,4-8H2,1,3H3. The summed E-state index contributed by atoms with van der Waals surface area (Å²) < 4.78 is 4.90. The molecule has 1 saturated heterocycles. The molecule has 1 aliphatic rings. The molecule has 1 atom stereocenters. The molecular formula is C11H20N2O2. The van der Waals surface area contributed by atoms with Gasteiger partial charge in [-0.1, -0.05) is 6.58 Å². The van der Waals surface area contributed by atoms with Crippen LogP contribution in [0.4, 0.5) is 0 Å². The van der Waals surface area contributed by atoms with Crippen LogP contribution in [-0.2, 0) is 9.53 Å². The fourth-order valence-electron chi connectivity index (χ4n) is 1.69. The molecule has 1 rings (SSSR count). The van der Waals surface area contributed by atoms with E-state index in [0.29, 0.717) is 24.6 Å². The normalized spacial score (nSPS) is 22.4. The third kappa shape index (κ3) is 3.64. The summed E-state index contributed by atoms with van der Waals surface area (Å²) in [7, 11) is 2.07. The minimum atomic E-state index is -0.267. The van der Waals surface area contributed by atoms with Gasteiger partial charge in [-0.15, -0.1) is 0 Å². The molecule has 0 aliphatic carbocycles. The predicted octanol–water partition coefficient (Wildman–Crippen LogP) is 0.399. The molecule has 0 spiro atoms. The first-order valence-electron chi connectivity index (χ1n) is 5.41. The molecule has 0 aromatic heterocycles. The summed E-state index contributed by atoms with van der Waals surface area (Å²) in [6.07, 6.45) is 0.683. The first kappa shape index (κ1) is 12.2. The van der Waals surface area contributed by atoms with E-state index in [9.17, 15) is 4.79 Å². The van der Waals surface area contributed by atoms with Gasteiger partial charge in [0.05, 0.1) is 6.61 Å². The summed E-state index contributed by atoms with van der Waals surface area (Å²) >= 11 is 0. The lowest BCUT2D eigenvalue weighted by Crippen LogP contribution is -2.49. The summed E-state index contributed by atoms with van der Waals surface area (Å²) in [6, 6.07) is 0.357. The molecule has 0 saturated carbocycles. The van der Waals surface area contributed by atoms with Gasteiger partial charge in [0.25, 0.3) is 0 Å². The van der Waals surface area contributed by atoms with Crippen molar-refractivity contribution < 1.29 is 9.53 Å². The molecule has 0 bridgehead atoms. The number of piperazine rings is 1. The Bertz CT molecular complexity index is 241. The van der Waals surface area contributed by atoms with E-state index in [-0.39, 0.29) is 5.97 Å². The average molecular weight is 212 g/mol. The van der Waals surface area contributed by atoms with Gasteiger partial charge in [-0.25, -0.2) is 4.79 Å². The zero-order chi connectivity index (χ0) is 11.3. The molecule has 0 amide bonds. The molecule has 4 nitrogen and oxygen atoms in total. The molecule has 1 aliphatic heterocycles. The molecule has 1 N–H and O–H groups in total. The summed E-state index contributed by atoms with van der Waals surface area (Å²) in [5, 5.41) is 3.31. The smallest absolute Gasteiger partial charge is 0.333 e. The Morgan fingerprint density at radius 3 is 3.00 bits per heavy atom. The van der Waals surface area contributed by atoms with Gasteiger partial charge in [-0.05, 0) is 20.4 Å². The molecular weight excluding hydrogens is 192 g/mol. The van der Waals surface area contributed by atoms with Gasteiger partial charge in [0, 0.05) is 31.2 Å². The van der Waals surface area contributed by atoms with Crippen molar-refractivity contribution in [3.63, 3.8) is 0 Å². The number of rotatable bonds is 4. The molecule has 4 heteroatoms. The highest BCUT2D eigenvalue weighted by atomic mass is 16.5. The highest BCUT2D eigenvalue weighted by Gasteiger charge is 2.21. The fourth-order valence-corrected chi connectivity index (χ4v) is 1.69. The SMILES string of the molecule is C=C(CC1CNCCN1C)C(=O)OCC. The second-order valence-electron chi connectivity index (χ2n) is 3.87. The van der Waals surface area contributed by atoms with E-state index in [1.807, 2.05) is 0 Å². The number of nitrogens with zero attached hydrogens (tertiary/aromatic N) is 1. The van der Waals surface area contributed by atoms with Crippen molar-refractivity contribution in [2.24, 2.45) is 0 Å². The molecule has 1 unspecified atom stereocenters. The van der Waals surface area contributed by atoms with Crippen LogP contribution in [0.3, 0.4) is 0 Å². The molecule has 1 fully saturated rings. The summed E-state index contributed by atoms with van der Waals surface area (Å²) in [6.45, 7) is 8.93. The van der Waals surface area contributed by atoms with Crippen LogP contribution in [0.15, 0.2) is 12.2 Å². The summed E-state index contributed by atoms with van der Waals surface area (Å²) in [4.78, 5) is 13.6. The minimum absolute atomic E-state index is 0.267. The van der Waals surface area contributed by atoms with Crippen LogP contribution in [-0.4, -0.2) is 50.2 Å². The Kier molecular flexibility index (Phi) is 4.78. The Morgan fingerprint density at radius 2 is 2.40 bits per heavy atom. The van der Waals surface area contributed by atoms with E-state index in [0.717, 1.165) is 19.6 Å². The van der Waals surface area contributed by atoms with Crippen molar-refractivity contribution in [3.8, 4) is 0 Å². The van der Waals surface area contributed by atoms with Crippen LogP contribution in [0, 0.1) is 0 Å². The van der Waals surface area contributed by atoms with Crippen molar-refractivity contribution in [1.82, 2.24) is 10.2 Å². The van der Waals surface area contributed by atoms with Gasteiger partial charge < -0.3 is 15.0 Å². The zero-order valence-electron chi connectivity index (χ0n) is 9.58. The zero-order valence-corrected chi connectivity index (χ0v) is 9.58. The lowest BCUT2D eigenvalue weighted by Gasteiger charge is -2.33. The molecule has 0 radical (unpaired) electrons. The molecule has 0 aromatic rings. The van der Waals surface area contributed by atoms with E-state index < -0.39 is 0 Å². The van der Waals surface area contributed by atoms with Crippen LogP contribution in [0.2, 0.25) is 0 Å². The van der Waals surface area contributed by atoms with Crippen LogP contribution in [0.25, 0.3) is 0 Å². The van der Waals surface area contributed by atoms with Crippen molar-refractivity contribution in [2.45, 2.75) is 19.4 Å². The highest BCUT2D eigenvalue weighted by molar-refractivity contribution is 5.87. The van der Waals surface area contributed by atoms with Crippen LogP contribution in [0.5, 0.6) is 0 Å². The molecule has 86 valence electrons. The number of hydrogen-bond acceptors (Lipinski definition) is 4. The lowest BCUT2D eigenvalue weighted by atomic mass is 10.1. The quantitative estimate of drug-likeness (QED) is 0.541. The number of nitrogens with one attached hydrogen (secondary N) is 1. The van der Waals surface area contributed by atoms with Gasteiger partial charge in [-0.2, -0.15) is 0 Å². The topological polar surface area (TPSA) is 41.6 Å². The maximum atomic E-state index is 11.4. The predicted molar refractivity (Wildman–Crippen MR) is 59.7 cm³/mol. The van der Waals surface area contributed by atoms with E-state index in [1.54, 1.807) is 6.92 Å². The minimum Gasteiger partial charge on any atom is -0.463 e.